The summed E-state index contributed by atoms with van der Waals surface area (Å²) in [6.45, 7) is 2.45. The predicted molar refractivity (Wildman–Crippen MR) is 60.0 cm³/mol. The highest BCUT2D eigenvalue weighted by molar-refractivity contribution is 7.89. The van der Waals surface area contributed by atoms with Gasteiger partial charge in [-0.3, -0.25) is 0 Å². The topological polar surface area (TPSA) is 98.2 Å². The second-order valence-corrected chi connectivity index (χ2v) is 4.91. The molecule has 0 amide bonds. The summed E-state index contributed by atoms with van der Waals surface area (Å²) in [6.07, 6.45) is 0. The molecule has 1 aromatic rings. The maximum absolute atomic E-state index is 11.0. The number of benzene rings is 1. The van der Waals surface area contributed by atoms with Crippen LogP contribution in [-0.2, 0) is 10.0 Å². The molecular formula is C9H15N3O2S. The summed E-state index contributed by atoms with van der Waals surface area (Å²) in [5.41, 5.74) is 6.26. The summed E-state index contributed by atoms with van der Waals surface area (Å²) in [5.74, 6) is 0. The second kappa shape index (κ2) is 4.61. The zero-order valence-corrected chi connectivity index (χ0v) is 9.29. The Balaban J connectivity index is 2.82. The molecule has 0 saturated heterocycles. The van der Waals surface area contributed by atoms with Crippen LogP contribution in [0.1, 0.15) is 6.92 Å². The minimum absolute atomic E-state index is 0.105. The van der Waals surface area contributed by atoms with Crippen LogP contribution >= 0.6 is 0 Å². The first-order valence-corrected chi connectivity index (χ1v) is 6.07. The van der Waals surface area contributed by atoms with E-state index in [0.717, 1.165) is 5.69 Å². The molecule has 1 rings (SSSR count). The number of rotatable bonds is 4. The highest BCUT2D eigenvalue weighted by atomic mass is 32.2. The Labute approximate surface area is 89.5 Å². The van der Waals surface area contributed by atoms with Gasteiger partial charge in [-0.25, -0.2) is 13.6 Å². The fourth-order valence-electron chi connectivity index (χ4n) is 1.08. The molecule has 0 aliphatic rings. The fraction of sp³-hybridized carbons (Fsp3) is 0.333. The van der Waals surface area contributed by atoms with Crippen molar-refractivity contribution >= 4 is 15.7 Å². The molecule has 0 aliphatic heterocycles. The number of primary sulfonamides is 1. The maximum Gasteiger partial charge on any atom is 0.238 e. The molecular weight excluding hydrogens is 214 g/mol. The highest BCUT2D eigenvalue weighted by Crippen LogP contribution is 2.13. The number of nitrogens with two attached hydrogens (primary N) is 2. The molecule has 0 heterocycles. The Morgan fingerprint density at radius 1 is 1.33 bits per heavy atom. The van der Waals surface area contributed by atoms with Crippen LogP contribution in [0.4, 0.5) is 5.69 Å². The molecule has 1 unspecified atom stereocenters. The van der Waals surface area contributed by atoms with Crippen molar-refractivity contribution in [3.05, 3.63) is 24.3 Å². The third kappa shape index (κ3) is 3.50. The lowest BCUT2D eigenvalue weighted by atomic mass is 10.2. The van der Waals surface area contributed by atoms with E-state index in [0.29, 0.717) is 6.54 Å². The van der Waals surface area contributed by atoms with Crippen LogP contribution in [0, 0.1) is 0 Å². The van der Waals surface area contributed by atoms with E-state index < -0.39 is 10.0 Å². The van der Waals surface area contributed by atoms with Gasteiger partial charge in [0.25, 0.3) is 0 Å². The van der Waals surface area contributed by atoms with Gasteiger partial charge in [-0.1, -0.05) is 0 Å². The first-order chi connectivity index (χ1) is 6.93. The zero-order chi connectivity index (χ0) is 11.5. The minimum atomic E-state index is -3.61. The Morgan fingerprint density at radius 2 is 1.87 bits per heavy atom. The van der Waals surface area contributed by atoms with Crippen LogP contribution in [-0.4, -0.2) is 21.0 Å². The average molecular weight is 229 g/mol. The third-order valence-electron chi connectivity index (χ3n) is 1.95. The van der Waals surface area contributed by atoms with Gasteiger partial charge in [-0.2, -0.15) is 0 Å². The van der Waals surface area contributed by atoms with Crippen molar-refractivity contribution in [2.24, 2.45) is 10.9 Å². The molecule has 5 nitrogen and oxygen atoms in total. The van der Waals surface area contributed by atoms with Crippen LogP contribution < -0.4 is 16.2 Å². The molecule has 1 atom stereocenters. The molecule has 84 valence electrons. The van der Waals surface area contributed by atoms with Crippen molar-refractivity contribution in [3.8, 4) is 0 Å². The van der Waals surface area contributed by atoms with Crippen molar-refractivity contribution in [1.82, 2.24) is 0 Å². The van der Waals surface area contributed by atoms with E-state index >= 15 is 0 Å². The number of nitrogens with one attached hydrogen (secondary N) is 1. The smallest absolute Gasteiger partial charge is 0.238 e. The summed E-state index contributed by atoms with van der Waals surface area (Å²) in [7, 11) is -3.61. The third-order valence-corrected chi connectivity index (χ3v) is 2.88. The van der Waals surface area contributed by atoms with Crippen LogP contribution in [0.3, 0.4) is 0 Å². The van der Waals surface area contributed by atoms with Gasteiger partial charge in [0.05, 0.1) is 4.90 Å². The van der Waals surface area contributed by atoms with Gasteiger partial charge in [0.1, 0.15) is 0 Å². The standard InChI is InChI=1S/C9H15N3O2S/c1-7(6-10)12-8-2-4-9(5-3-8)15(11,13)14/h2-5,7,12H,6,10H2,1H3,(H2,11,13,14). The fourth-order valence-corrected chi connectivity index (χ4v) is 1.60. The summed E-state index contributed by atoms with van der Waals surface area (Å²) in [5, 5.41) is 8.08. The largest absolute Gasteiger partial charge is 0.381 e. The second-order valence-electron chi connectivity index (χ2n) is 3.35. The monoisotopic (exact) mass is 229 g/mol. The molecule has 0 spiro atoms. The quantitative estimate of drug-likeness (QED) is 0.681. The Bertz CT molecular complexity index is 413. The molecule has 15 heavy (non-hydrogen) atoms. The van der Waals surface area contributed by atoms with Crippen LogP contribution in [0.2, 0.25) is 0 Å². The van der Waals surface area contributed by atoms with Gasteiger partial charge >= 0.3 is 0 Å². The molecule has 0 bridgehead atoms. The maximum atomic E-state index is 11.0. The van der Waals surface area contributed by atoms with Crippen LogP contribution in [0.15, 0.2) is 29.2 Å². The lowest BCUT2D eigenvalue weighted by Gasteiger charge is -2.12. The molecule has 5 N–H and O–H groups in total. The first-order valence-electron chi connectivity index (χ1n) is 4.53. The van der Waals surface area contributed by atoms with Crippen LogP contribution in [0.5, 0.6) is 0 Å². The average Bonchev–Trinajstić information content (AvgIpc) is 2.17. The normalized spacial score (nSPS) is 13.5. The van der Waals surface area contributed by atoms with E-state index in [9.17, 15) is 8.42 Å². The lowest BCUT2D eigenvalue weighted by molar-refractivity contribution is 0.598. The Kier molecular flexibility index (Phi) is 3.67. The van der Waals surface area contributed by atoms with E-state index in [4.69, 9.17) is 10.9 Å². The van der Waals surface area contributed by atoms with Gasteiger partial charge in [-0.05, 0) is 31.2 Å². The number of sulfonamides is 1. The van der Waals surface area contributed by atoms with Crippen molar-refractivity contribution in [1.29, 1.82) is 0 Å². The van der Waals surface area contributed by atoms with Crippen LogP contribution in [0.25, 0.3) is 0 Å². The summed E-state index contributed by atoms with van der Waals surface area (Å²) in [4.78, 5) is 0.105. The molecule has 1 aromatic carbocycles. The van der Waals surface area contributed by atoms with Crippen molar-refractivity contribution in [3.63, 3.8) is 0 Å². The molecule has 0 aromatic heterocycles. The summed E-state index contributed by atoms with van der Waals surface area (Å²) in [6, 6.07) is 6.38. The first kappa shape index (κ1) is 12.0. The van der Waals surface area contributed by atoms with Gasteiger partial charge in [0.2, 0.25) is 10.0 Å². The summed E-state index contributed by atoms with van der Waals surface area (Å²) < 4.78 is 21.9. The van der Waals surface area contributed by atoms with Gasteiger partial charge in [0, 0.05) is 18.3 Å². The summed E-state index contributed by atoms with van der Waals surface area (Å²) >= 11 is 0. The molecule has 6 heteroatoms. The number of hydrogen-bond donors (Lipinski definition) is 3. The van der Waals surface area contributed by atoms with E-state index in [-0.39, 0.29) is 10.9 Å². The number of hydrogen-bond acceptors (Lipinski definition) is 4. The van der Waals surface area contributed by atoms with Gasteiger partial charge < -0.3 is 11.1 Å². The molecule has 0 radical (unpaired) electrons. The molecule has 0 aliphatic carbocycles. The SMILES string of the molecule is CC(CN)Nc1ccc(S(N)(=O)=O)cc1. The van der Waals surface area contributed by atoms with Crippen molar-refractivity contribution in [2.45, 2.75) is 17.9 Å². The molecule has 0 fully saturated rings. The van der Waals surface area contributed by atoms with Crippen molar-refractivity contribution < 1.29 is 8.42 Å². The Morgan fingerprint density at radius 3 is 2.27 bits per heavy atom. The lowest BCUT2D eigenvalue weighted by Crippen LogP contribution is -2.25. The van der Waals surface area contributed by atoms with E-state index in [1.165, 1.54) is 12.1 Å². The van der Waals surface area contributed by atoms with Gasteiger partial charge in [-0.15, -0.1) is 0 Å². The predicted octanol–water partition coefficient (Wildman–Crippen LogP) is 0.0931. The Hall–Kier alpha value is -1.11. The van der Waals surface area contributed by atoms with Crippen molar-refractivity contribution in [2.75, 3.05) is 11.9 Å². The van der Waals surface area contributed by atoms with E-state index in [1.54, 1.807) is 12.1 Å². The van der Waals surface area contributed by atoms with E-state index in [2.05, 4.69) is 5.32 Å². The van der Waals surface area contributed by atoms with E-state index in [1.807, 2.05) is 6.92 Å². The number of anilines is 1. The highest BCUT2D eigenvalue weighted by Gasteiger charge is 2.06. The minimum Gasteiger partial charge on any atom is -0.381 e. The molecule has 0 saturated carbocycles. The van der Waals surface area contributed by atoms with Gasteiger partial charge in [0.15, 0.2) is 0 Å². The zero-order valence-electron chi connectivity index (χ0n) is 8.47.